The number of amides is 1. The molecule has 2 N–H and O–H groups in total. The van der Waals surface area contributed by atoms with Gasteiger partial charge in [0.1, 0.15) is 0 Å². The third-order valence-corrected chi connectivity index (χ3v) is 6.13. The van der Waals surface area contributed by atoms with E-state index in [2.05, 4.69) is 46.4 Å². The van der Waals surface area contributed by atoms with Gasteiger partial charge in [-0.1, -0.05) is 43.3 Å². The number of nitrogens with one attached hydrogen (secondary N) is 2. The Labute approximate surface area is 187 Å². The van der Waals surface area contributed by atoms with Crippen molar-refractivity contribution in [2.45, 2.75) is 45.8 Å². The Balaban J connectivity index is 1.30. The predicted octanol–water partition coefficient (Wildman–Crippen LogP) is 2.63. The number of benzene rings is 2. The Morgan fingerprint density at radius 2 is 1.84 bits per heavy atom. The Hall–Kier alpha value is -3.19. The quantitative estimate of drug-likeness (QED) is 0.599. The molecule has 1 unspecified atom stereocenters. The molecule has 32 heavy (non-hydrogen) atoms. The van der Waals surface area contributed by atoms with Gasteiger partial charge in [0.15, 0.2) is 0 Å². The fraction of sp³-hybridized carbons (Fsp3) is 0.400. The predicted molar refractivity (Wildman–Crippen MR) is 125 cm³/mol. The molecule has 1 fully saturated rings. The first-order valence-corrected chi connectivity index (χ1v) is 11.3. The molecular formula is C25H30N4O3. The molecule has 1 aromatic heterocycles. The van der Waals surface area contributed by atoms with Gasteiger partial charge in [0.05, 0.1) is 10.9 Å². The molecule has 0 bridgehead atoms. The lowest BCUT2D eigenvalue weighted by molar-refractivity contribution is -0.121. The van der Waals surface area contributed by atoms with Crippen LogP contribution in [0.1, 0.15) is 37.3 Å². The molecule has 1 aliphatic heterocycles. The van der Waals surface area contributed by atoms with Gasteiger partial charge in [0.2, 0.25) is 5.91 Å². The third kappa shape index (κ3) is 5.34. The lowest BCUT2D eigenvalue weighted by Crippen LogP contribution is -2.33. The maximum Gasteiger partial charge on any atom is 0.328 e. The van der Waals surface area contributed by atoms with E-state index in [0.717, 1.165) is 31.1 Å². The zero-order chi connectivity index (χ0) is 22.5. The number of hydrogen-bond acceptors (Lipinski definition) is 4. The fourth-order valence-corrected chi connectivity index (χ4v) is 4.42. The van der Waals surface area contributed by atoms with E-state index in [-0.39, 0.29) is 18.9 Å². The molecule has 1 aliphatic rings. The van der Waals surface area contributed by atoms with Crippen molar-refractivity contribution >= 4 is 16.8 Å². The van der Waals surface area contributed by atoms with Gasteiger partial charge in [-0.2, -0.15) is 0 Å². The molecule has 4 rings (SSSR count). The van der Waals surface area contributed by atoms with Crippen LogP contribution in [0, 0.1) is 5.92 Å². The van der Waals surface area contributed by atoms with Crippen LogP contribution < -0.4 is 16.6 Å². The topological polar surface area (TPSA) is 87.2 Å². The highest BCUT2D eigenvalue weighted by molar-refractivity contribution is 5.78. The fourth-order valence-electron chi connectivity index (χ4n) is 4.42. The monoisotopic (exact) mass is 434 g/mol. The van der Waals surface area contributed by atoms with E-state index in [9.17, 15) is 14.4 Å². The first-order chi connectivity index (χ1) is 15.5. The molecule has 0 saturated carbocycles. The second-order valence-electron chi connectivity index (χ2n) is 8.75. The Morgan fingerprint density at radius 1 is 1.09 bits per heavy atom. The summed E-state index contributed by atoms with van der Waals surface area (Å²) in [5.74, 6) is 0.627. The number of aryl methyl sites for hydroxylation is 1. The summed E-state index contributed by atoms with van der Waals surface area (Å²) in [6.45, 7) is 6.25. The molecular weight excluding hydrogens is 404 g/mol. The van der Waals surface area contributed by atoms with Crippen molar-refractivity contribution in [3.63, 3.8) is 0 Å². The number of aromatic amines is 1. The molecule has 2 aromatic carbocycles. The van der Waals surface area contributed by atoms with Crippen LogP contribution in [0.2, 0.25) is 0 Å². The number of H-pyrrole nitrogens is 1. The van der Waals surface area contributed by atoms with Crippen molar-refractivity contribution < 1.29 is 4.79 Å². The van der Waals surface area contributed by atoms with Gasteiger partial charge in [0, 0.05) is 32.6 Å². The molecule has 1 saturated heterocycles. The van der Waals surface area contributed by atoms with Crippen LogP contribution in [0.3, 0.4) is 0 Å². The number of aromatic nitrogens is 2. The van der Waals surface area contributed by atoms with Crippen molar-refractivity contribution in [3.8, 4) is 0 Å². The van der Waals surface area contributed by atoms with E-state index >= 15 is 0 Å². The van der Waals surface area contributed by atoms with Crippen LogP contribution in [-0.4, -0.2) is 33.4 Å². The third-order valence-electron chi connectivity index (χ3n) is 6.13. The smallest absolute Gasteiger partial charge is 0.328 e. The molecule has 0 spiro atoms. The number of nitrogens with zero attached hydrogens (tertiary/aromatic N) is 2. The summed E-state index contributed by atoms with van der Waals surface area (Å²) in [5, 5.41) is 3.35. The first kappa shape index (κ1) is 22.0. The minimum absolute atomic E-state index is 0.140. The van der Waals surface area contributed by atoms with Crippen LogP contribution in [0.4, 0.5) is 0 Å². The molecule has 7 heteroatoms. The molecule has 1 amide bonds. The lowest BCUT2D eigenvalue weighted by Gasteiger charge is -2.30. The summed E-state index contributed by atoms with van der Waals surface area (Å²) in [6, 6.07) is 15.3. The van der Waals surface area contributed by atoms with Gasteiger partial charge in [-0.3, -0.25) is 24.0 Å². The summed E-state index contributed by atoms with van der Waals surface area (Å²) >= 11 is 0. The summed E-state index contributed by atoms with van der Waals surface area (Å²) in [6.07, 6.45) is 2.75. The van der Waals surface area contributed by atoms with E-state index in [0.29, 0.717) is 17.4 Å². The summed E-state index contributed by atoms with van der Waals surface area (Å²) in [4.78, 5) is 41.3. The maximum atomic E-state index is 12.4. The zero-order valence-corrected chi connectivity index (χ0v) is 18.5. The molecule has 3 aromatic rings. The van der Waals surface area contributed by atoms with E-state index in [1.807, 2.05) is 0 Å². The van der Waals surface area contributed by atoms with Crippen molar-refractivity contribution in [3.05, 3.63) is 80.5 Å². The average molecular weight is 435 g/mol. The minimum Gasteiger partial charge on any atom is -0.352 e. The van der Waals surface area contributed by atoms with E-state index in [1.54, 1.807) is 24.3 Å². The van der Waals surface area contributed by atoms with Gasteiger partial charge >= 0.3 is 5.69 Å². The van der Waals surface area contributed by atoms with Gasteiger partial charge in [-0.25, -0.2) is 4.79 Å². The number of carbonyl (C=O) groups excluding carboxylic acids is 1. The van der Waals surface area contributed by atoms with Crippen molar-refractivity contribution in [2.75, 3.05) is 13.1 Å². The second kappa shape index (κ2) is 9.96. The molecule has 7 nitrogen and oxygen atoms in total. The van der Waals surface area contributed by atoms with Gasteiger partial charge in [0.25, 0.3) is 5.56 Å². The highest BCUT2D eigenvalue weighted by Gasteiger charge is 2.16. The summed E-state index contributed by atoms with van der Waals surface area (Å²) in [7, 11) is 0. The van der Waals surface area contributed by atoms with Crippen LogP contribution in [-0.2, 0) is 24.4 Å². The standard InChI is InChI=1S/C25H30N4O3/c1-18-5-4-13-28(16-18)17-20-10-8-19(9-11-20)15-26-23(30)12-14-29-22-7-3-2-6-21(22)24(31)27-25(29)32/h2-3,6-11,18H,4-5,12-17H2,1H3,(H,26,30)(H,27,31,32). The highest BCUT2D eigenvalue weighted by atomic mass is 16.2. The largest absolute Gasteiger partial charge is 0.352 e. The van der Waals surface area contributed by atoms with E-state index in [4.69, 9.17) is 0 Å². The van der Waals surface area contributed by atoms with Crippen molar-refractivity contribution in [2.24, 2.45) is 5.92 Å². The number of likely N-dealkylation sites (tertiary alicyclic amines) is 1. The molecule has 1 atom stereocenters. The van der Waals surface area contributed by atoms with E-state index in [1.165, 1.54) is 23.0 Å². The zero-order valence-electron chi connectivity index (χ0n) is 18.5. The summed E-state index contributed by atoms with van der Waals surface area (Å²) < 4.78 is 1.44. The number of hydrogen-bond donors (Lipinski definition) is 2. The number of rotatable bonds is 7. The molecule has 0 aliphatic carbocycles. The lowest BCUT2D eigenvalue weighted by atomic mass is 9.99. The van der Waals surface area contributed by atoms with Gasteiger partial charge in [-0.05, 0) is 48.6 Å². The molecule has 168 valence electrons. The Morgan fingerprint density at radius 3 is 2.62 bits per heavy atom. The van der Waals surface area contributed by atoms with Crippen LogP contribution >= 0.6 is 0 Å². The highest BCUT2D eigenvalue weighted by Crippen LogP contribution is 2.18. The maximum absolute atomic E-state index is 12.4. The van der Waals surface area contributed by atoms with Crippen molar-refractivity contribution in [1.29, 1.82) is 0 Å². The number of piperidine rings is 1. The second-order valence-corrected chi connectivity index (χ2v) is 8.75. The number of para-hydroxylation sites is 1. The normalized spacial score (nSPS) is 16.8. The molecule has 0 radical (unpaired) electrons. The van der Waals surface area contributed by atoms with Crippen LogP contribution in [0.25, 0.3) is 10.9 Å². The average Bonchev–Trinajstić information content (AvgIpc) is 2.78. The van der Waals surface area contributed by atoms with Crippen LogP contribution in [0.5, 0.6) is 0 Å². The van der Waals surface area contributed by atoms with E-state index < -0.39 is 11.2 Å². The number of carbonyl (C=O) groups is 1. The minimum atomic E-state index is -0.500. The Kier molecular flexibility index (Phi) is 6.85. The van der Waals surface area contributed by atoms with Gasteiger partial charge < -0.3 is 5.32 Å². The van der Waals surface area contributed by atoms with Crippen LogP contribution in [0.15, 0.2) is 58.1 Å². The number of fused-ring (bicyclic) bond motifs is 1. The molecule has 2 heterocycles. The van der Waals surface area contributed by atoms with Gasteiger partial charge in [-0.15, -0.1) is 0 Å². The van der Waals surface area contributed by atoms with Crippen molar-refractivity contribution in [1.82, 2.24) is 19.8 Å². The summed E-state index contributed by atoms with van der Waals surface area (Å²) in [5.41, 5.74) is 1.96. The first-order valence-electron chi connectivity index (χ1n) is 11.3. The Bertz CT molecular complexity index is 1200. The SMILES string of the molecule is CC1CCCN(Cc2ccc(CNC(=O)CCn3c(=O)[nH]c(=O)c4ccccc43)cc2)C1.